The van der Waals surface area contributed by atoms with E-state index in [1.165, 1.54) is 0 Å². The molecule has 0 heterocycles. The van der Waals surface area contributed by atoms with E-state index in [2.05, 4.69) is 0 Å². The van der Waals surface area contributed by atoms with Gasteiger partial charge in [0, 0.05) is 11.3 Å². The van der Waals surface area contributed by atoms with Crippen LogP contribution in [-0.2, 0) is 0 Å². The van der Waals surface area contributed by atoms with E-state index in [0.29, 0.717) is 11.7 Å². The van der Waals surface area contributed by atoms with Crippen molar-refractivity contribution < 1.29 is 0 Å². The molecule has 90 valence electrons. The van der Waals surface area contributed by atoms with Crippen LogP contribution < -0.4 is 4.90 Å². The van der Waals surface area contributed by atoms with Gasteiger partial charge >= 0.3 is 0 Å². The summed E-state index contributed by atoms with van der Waals surface area (Å²) in [7, 11) is 0. The molecule has 0 amide bonds. The number of nitrogens with zero attached hydrogens (tertiary/aromatic N) is 1. The molecule has 0 saturated heterocycles. The third kappa shape index (κ3) is 2.46. The molecular formula is C15H15N3. The predicted molar refractivity (Wildman–Crippen MR) is 75.6 cm³/mol. The molecule has 0 aliphatic heterocycles. The molecule has 0 atom stereocenters. The fraction of sp³-hybridized carbons (Fsp3) is 0.0667. The van der Waals surface area contributed by atoms with Crippen molar-refractivity contribution in [3.8, 4) is 0 Å². The van der Waals surface area contributed by atoms with Crippen molar-refractivity contribution >= 4 is 17.4 Å². The monoisotopic (exact) mass is 237 g/mol. The minimum Gasteiger partial charge on any atom is -0.288 e. The highest BCUT2D eigenvalue weighted by Gasteiger charge is 2.15. The third-order valence-corrected chi connectivity index (χ3v) is 2.62. The molecule has 0 radical (unpaired) electrons. The first-order chi connectivity index (χ1) is 8.70. The molecule has 0 bridgehead atoms. The Balaban J connectivity index is 2.39. The standard InChI is InChI=1S/C15H15N3/c1-12(16)18(14-10-6-3-7-11-14)15(17)13-8-4-2-5-9-13/h2-11,16-17H,1H3. The normalized spacial score (nSPS) is 9.83. The van der Waals surface area contributed by atoms with Gasteiger partial charge in [0.1, 0.15) is 11.7 Å². The first-order valence-electron chi connectivity index (χ1n) is 5.74. The van der Waals surface area contributed by atoms with Gasteiger partial charge in [-0.05, 0) is 19.1 Å². The summed E-state index contributed by atoms with van der Waals surface area (Å²) in [5.41, 5.74) is 1.63. The number of para-hydroxylation sites is 1. The summed E-state index contributed by atoms with van der Waals surface area (Å²) >= 11 is 0. The fourth-order valence-electron chi connectivity index (χ4n) is 1.79. The molecule has 2 rings (SSSR count). The molecule has 0 aromatic heterocycles. The summed E-state index contributed by atoms with van der Waals surface area (Å²) in [6.45, 7) is 1.68. The van der Waals surface area contributed by atoms with E-state index in [9.17, 15) is 0 Å². The van der Waals surface area contributed by atoms with Gasteiger partial charge in [-0.1, -0.05) is 48.5 Å². The minimum atomic E-state index is 0.314. The SMILES string of the molecule is CC(=N)N(C(=N)c1ccccc1)c1ccccc1. The molecule has 0 unspecified atom stereocenters. The second-order valence-corrected chi connectivity index (χ2v) is 3.97. The average molecular weight is 237 g/mol. The summed E-state index contributed by atoms with van der Waals surface area (Å²) in [4.78, 5) is 1.62. The molecular weight excluding hydrogens is 222 g/mol. The topological polar surface area (TPSA) is 50.9 Å². The Kier molecular flexibility index (Phi) is 3.53. The highest BCUT2D eigenvalue weighted by Crippen LogP contribution is 2.17. The van der Waals surface area contributed by atoms with Crippen molar-refractivity contribution in [1.82, 2.24) is 0 Å². The van der Waals surface area contributed by atoms with E-state index < -0.39 is 0 Å². The van der Waals surface area contributed by atoms with Crippen LogP contribution in [0.1, 0.15) is 12.5 Å². The lowest BCUT2D eigenvalue weighted by atomic mass is 10.1. The smallest absolute Gasteiger partial charge is 0.138 e. The molecule has 3 nitrogen and oxygen atoms in total. The van der Waals surface area contributed by atoms with Gasteiger partial charge in [-0.15, -0.1) is 0 Å². The molecule has 0 aliphatic carbocycles. The van der Waals surface area contributed by atoms with Gasteiger partial charge in [0.2, 0.25) is 0 Å². The van der Waals surface area contributed by atoms with Crippen molar-refractivity contribution in [3.63, 3.8) is 0 Å². The van der Waals surface area contributed by atoms with Crippen LogP contribution in [0.5, 0.6) is 0 Å². The number of anilines is 1. The molecule has 18 heavy (non-hydrogen) atoms. The van der Waals surface area contributed by atoms with Crippen LogP contribution >= 0.6 is 0 Å². The van der Waals surface area contributed by atoms with Crippen LogP contribution in [0.3, 0.4) is 0 Å². The Labute approximate surface area is 107 Å². The van der Waals surface area contributed by atoms with Crippen molar-refractivity contribution in [3.05, 3.63) is 66.2 Å². The second kappa shape index (κ2) is 5.27. The van der Waals surface area contributed by atoms with E-state index in [0.717, 1.165) is 11.3 Å². The highest BCUT2D eigenvalue weighted by molar-refractivity contribution is 6.22. The van der Waals surface area contributed by atoms with Crippen LogP contribution in [-0.4, -0.2) is 11.7 Å². The van der Waals surface area contributed by atoms with E-state index in [4.69, 9.17) is 10.8 Å². The number of hydrogen-bond acceptors (Lipinski definition) is 2. The van der Waals surface area contributed by atoms with Crippen LogP contribution in [0.4, 0.5) is 5.69 Å². The van der Waals surface area contributed by atoms with Crippen molar-refractivity contribution in [1.29, 1.82) is 10.8 Å². The van der Waals surface area contributed by atoms with E-state index in [1.807, 2.05) is 60.7 Å². The predicted octanol–water partition coefficient (Wildman–Crippen LogP) is 3.52. The summed E-state index contributed by atoms with van der Waals surface area (Å²) in [6.07, 6.45) is 0. The Hall–Kier alpha value is -2.42. The Morgan fingerprint density at radius 3 is 1.83 bits per heavy atom. The van der Waals surface area contributed by atoms with Crippen LogP contribution in [0.25, 0.3) is 0 Å². The number of rotatable bonds is 2. The van der Waals surface area contributed by atoms with Gasteiger partial charge in [-0.2, -0.15) is 0 Å². The Morgan fingerprint density at radius 2 is 1.33 bits per heavy atom. The zero-order chi connectivity index (χ0) is 13.0. The molecule has 0 aliphatic rings. The number of nitrogens with one attached hydrogen (secondary N) is 2. The maximum atomic E-state index is 8.24. The molecule has 3 heteroatoms. The van der Waals surface area contributed by atoms with Gasteiger partial charge in [0.25, 0.3) is 0 Å². The summed E-state index contributed by atoms with van der Waals surface area (Å²) in [6, 6.07) is 19.0. The Morgan fingerprint density at radius 1 is 0.833 bits per heavy atom. The van der Waals surface area contributed by atoms with Gasteiger partial charge in [-0.3, -0.25) is 15.7 Å². The molecule has 2 aromatic rings. The van der Waals surface area contributed by atoms with Crippen LogP contribution in [0, 0.1) is 10.8 Å². The fourth-order valence-corrected chi connectivity index (χ4v) is 1.79. The zero-order valence-electron chi connectivity index (χ0n) is 10.2. The van der Waals surface area contributed by atoms with E-state index >= 15 is 0 Å². The summed E-state index contributed by atoms with van der Waals surface area (Å²) in [5, 5.41) is 16.1. The van der Waals surface area contributed by atoms with Gasteiger partial charge < -0.3 is 0 Å². The van der Waals surface area contributed by atoms with Gasteiger partial charge in [-0.25, -0.2) is 0 Å². The maximum Gasteiger partial charge on any atom is 0.138 e. The van der Waals surface area contributed by atoms with E-state index in [-0.39, 0.29) is 0 Å². The lowest BCUT2D eigenvalue weighted by molar-refractivity contribution is 1.28. The summed E-state index contributed by atoms with van der Waals surface area (Å²) in [5.74, 6) is 0.643. The van der Waals surface area contributed by atoms with Gasteiger partial charge in [0.05, 0.1) is 0 Å². The lowest BCUT2D eigenvalue weighted by Crippen LogP contribution is -2.34. The minimum absolute atomic E-state index is 0.314. The van der Waals surface area contributed by atoms with Crippen LogP contribution in [0.15, 0.2) is 60.7 Å². The number of benzene rings is 2. The zero-order valence-corrected chi connectivity index (χ0v) is 10.2. The highest BCUT2D eigenvalue weighted by atomic mass is 15.2. The number of amidine groups is 2. The van der Waals surface area contributed by atoms with Crippen molar-refractivity contribution in [2.75, 3.05) is 4.90 Å². The molecule has 2 aromatic carbocycles. The molecule has 0 saturated carbocycles. The number of hydrogen-bond donors (Lipinski definition) is 2. The Bertz CT molecular complexity index is 546. The van der Waals surface area contributed by atoms with Gasteiger partial charge in [0.15, 0.2) is 0 Å². The first kappa shape index (κ1) is 12.0. The molecule has 0 spiro atoms. The van der Waals surface area contributed by atoms with E-state index in [1.54, 1.807) is 11.8 Å². The van der Waals surface area contributed by atoms with Crippen molar-refractivity contribution in [2.45, 2.75) is 6.92 Å². The first-order valence-corrected chi connectivity index (χ1v) is 5.74. The second-order valence-electron chi connectivity index (χ2n) is 3.97. The average Bonchev–Trinajstić information content (AvgIpc) is 2.40. The van der Waals surface area contributed by atoms with Crippen LogP contribution in [0.2, 0.25) is 0 Å². The summed E-state index contributed by atoms with van der Waals surface area (Å²) < 4.78 is 0. The quantitative estimate of drug-likeness (QED) is 0.609. The lowest BCUT2D eigenvalue weighted by Gasteiger charge is -2.24. The maximum absolute atomic E-state index is 8.24. The molecule has 0 fully saturated rings. The largest absolute Gasteiger partial charge is 0.288 e. The molecule has 2 N–H and O–H groups in total. The van der Waals surface area contributed by atoms with Crippen molar-refractivity contribution in [2.24, 2.45) is 0 Å². The third-order valence-electron chi connectivity index (χ3n) is 2.62.